The highest BCUT2D eigenvalue weighted by molar-refractivity contribution is 8.01. The fourth-order valence-corrected chi connectivity index (χ4v) is 4.01. The molecule has 1 atom stereocenters. The molecule has 0 amide bonds. The third kappa shape index (κ3) is 5.20. The third-order valence-electron chi connectivity index (χ3n) is 3.48. The fourth-order valence-electron chi connectivity index (χ4n) is 2.25. The molecular weight excluding hydrogens is 292 g/mol. The summed E-state index contributed by atoms with van der Waals surface area (Å²) in [5.41, 5.74) is 0. The van der Waals surface area contributed by atoms with E-state index in [9.17, 15) is 5.11 Å². The normalized spacial score (nSPS) is 19.1. The van der Waals surface area contributed by atoms with E-state index < -0.39 is 0 Å². The monoisotopic (exact) mass is 316 g/mol. The lowest BCUT2D eigenvalue weighted by atomic mass is 9.99. The van der Waals surface area contributed by atoms with Crippen molar-refractivity contribution in [3.8, 4) is 0 Å². The van der Waals surface area contributed by atoms with Crippen LogP contribution < -0.4 is 5.32 Å². The van der Waals surface area contributed by atoms with Crippen molar-refractivity contribution in [1.29, 1.82) is 0 Å². The number of aliphatic hydroxyl groups is 1. The van der Waals surface area contributed by atoms with Gasteiger partial charge in [0.2, 0.25) is 5.13 Å². The van der Waals surface area contributed by atoms with Crippen LogP contribution in [0.25, 0.3) is 0 Å². The highest BCUT2D eigenvalue weighted by Gasteiger charge is 2.18. The smallest absolute Gasteiger partial charge is 0.206 e. The van der Waals surface area contributed by atoms with Gasteiger partial charge in [0.15, 0.2) is 4.34 Å². The molecule has 2 rings (SSSR count). The summed E-state index contributed by atoms with van der Waals surface area (Å²) in [5, 5.41) is 22.3. The predicted octanol–water partition coefficient (Wildman–Crippen LogP) is 2.15. The van der Waals surface area contributed by atoms with E-state index in [1.165, 1.54) is 12.8 Å². The van der Waals surface area contributed by atoms with E-state index in [4.69, 9.17) is 0 Å². The number of piperidine rings is 1. The summed E-state index contributed by atoms with van der Waals surface area (Å²) in [6, 6.07) is 0. The van der Waals surface area contributed by atoms with Crippen molar-refractivity contribution >= 4 is 28.2 Å². The van der Waals surface area contributed by atoms with Crippen molar-refractivity contribution in [3.05, 3.63) is 0 Å². The van der Waals surface area contributed by atoms with Gasteiger partial charge in [-0.2, -0.15) is 0 Å². The molecule has 1 aliphatic rings. The highest BCUT2D eigenvalue weighted by atomic mass is 32.2. The topological polar surface area (TPSA) is 61.3 Å². The number of nitrogens with zero attached hydrogens (tertiary/aromatic N) is 3. The number of likely N-dealkylation sites (tertiary alicyclic amines) is 1. The SMILES string of the molecule is CCNc1nnc(SCC(O)CN2CCC(C)CC2)s1. The van der Waals surface area contributed by atoms with Crippen molar-refractivity contribution in [1.82, 2.24) is 15.1 Å². The molecule has 1 saturated heterocycles. The molecule has 0 bridgehead atoms. The second-order valence-electron chi connectivity index (χ2n) is 5.35. The Morgan fingerprint density at radius 3 is 2.90 bits per heavy atom. The molecule has 5 nitrogen and oxygen atoms in total. The molecule has 1 aromatic heterocycles. The van der Waals surface area contributed by atoms with Gasteiger partial charge in [-0.1, -0.05) is 30.0 Å². The predicted molar refractivity (Wildman–Crippen MR) is 85.6 cm³/mol. The van der Waals surface area contributed by atoms with E-state index >= 15 is 0 Å². The molecule has 0 radical (unpaired) electrons. The lowest BCUT2D eigenvalue weighted by Gasteiger charge is -2.31. The summed E-state index contributed by atoms with van der Waals surface area (Å²) >= 11 is 3.14. The fraction of sp³-hybridized carbons (Fsp3) is 0.846. The molecule has 1 fully saturated rings. The van der Waals surface area contributed by atoms with Crippen molar-refractivity contribution in [2.75, 3.05) is 37.2 Å². The second-order valence-corrected chi connectivity index (χ2v) is 7.60. The minimum absolute atomic E-state index is 0.292. The maximum Gasteiger partial charge on any atom is 0.206 e. The summed E-state index contributed by atoms with van der Waals surface area (Å²) < 4.78 is 0.923. The van der Waals surface area contributed by atoms with Gasteiger partial charge in [-0.25, -0.2) is 0 Å². The summed E-state index contributed by atoms with van der Waals surface area (Å²) in [5.74, 6) is 1.52. The molecule has 7 heteroatoms. The number of thioether (sulfide) groups is 1. The van der Waals surface area contributed by atoms with Gasteiger partial charge < -0.3 is 15.3 Å². The van der Waals surface area contributed by atoms with E-state index in [1.54, 1.807) is 23.1 Å². The Kier molecular flexibility index (Phi) is 6.54. The zero-order valence-electron chi connectivity index (χ0n) is 12.2. The first-order chi connectivity index (χ1) is 9.67. The average molecular weight is 316 g/mol. The van der Waals surface area contributed by atoms with Gasteiger partial charge >= 0.3 is 0 Å². The van der Waals surface area contributed by atoms with Gasteiger partial charge in [-0.3, -0.25) is 0 Å². The number of β-amino-alcohol motifs (C(OH)–C–C–N with tert-alkyl or cyclic N) is 1. The molecule has 1 aliphatic heterocycles. The first-order valence-corrected chi connectivity index (χ1v) is 9.08. The van der Waals surface area contributed by atoms with Crippen LogP contribution in [0.5, 0.6) is 0 Å². The standard InChI is InChI=1S/C13H24N4OS2/c1-3-14-12-15-16-13(20-12)19-9-11(18)8-17-6-4-10(2)5-7-17/h10-11,18H,3-9H2,1-2H3,(H,14,15). The van der Waals surface area contributed by atoms with Gasteiger partial charge in [0.05, 0.1) is 6.10 Å². The van der Waals surface area contributed by atoms with Crippen LogP contribution in [0.3, 0.4) is 0 Å². The van der Waals surface area contributed by atoms with Crippen LogP contribution >= 0.6 is 23.1 Å². The van der Waals surface area contributed by atoms with E-state index in [1.807, 2.05) is 6.92 Å². The van der Waals surface area contributed by atoms with E-state index in [0.717, 1.165) is 41.6 Å². The molecule has 2 N–H and O–H groups in total. The number of hydrogen-bond acceptors (Lipinski definition) is 7. The molecule has 0 saturated carbocycles. The Hall–Kier alpha value is -0.370. The zero-order valence-corrected chi connectivity index (χ0v) is 13.8. The Balaban J connectivity index is 1.67. The minimum Gasteiger partial charge on any atom is -0.391 e. The molecule has 1 aromatic rings. The number of rotatable bonds is 7. The van der Waals surface area contributed by atoms with Gasteiger partial charge in [0.25, 0.3) is 0 Å². The lowest BCUT2D eigenvalue weighted by molar-refractivity contribution is 0.105. The van der Waals surface area contributed by atoms with E-state index in [0.29, 0.717) is 5.75 Å². The maximum absolute atomic E-state index is 10.1. The Morgan fingerprint density at radius 1 is 1.45 bits per heavy atom. The van der Waals surface area contributed by atoms with Gasteiger partial charge in [-0.15, -0.1) is 10.2 Å². The molecule has 114 valence electrons. The van der Waals surface area contributed by atoms with Crippen LogP contribution in [0.4, 0.5) is 5.13 Å². The molecule has 20 heavy (non-hydrogen) atoms. The number of anilines is 1. The highest BCUT2D eigenvalue weighted by Crippen LogP contribution is 2.26. The van der Waals surface area contributed by atoms with Crippen molar-refractivity contribution in [2.45, 2.75) is 37.1 Å². The van der Waals surface area contributed by atoms with Crippen LogP contribution in [-0.4, -0.2) is 58.2 Å². The molecule has 0 aromatic carbocycles. The maximum atomic E-state index is 10.1. The van der Waals surface area contributed by atoms with Gasteiger partial charge in [-0.05, 0) is 38.8 Å². The molecule has 0 spiro atoms. The zero-order chi connectivity index (χ0) is 14.4. The van der Waals surface area contributed by atoms with Crippen LogP contribution in [0.1, 0.15) is 26.7 Å². The molecule has 1 unspecified atom stereocenters. The molecule has 2 heterocycles. The van der Waals surface area contributed by atoms with Crippen molar-refractivity contribution < 1.29 is 5.11 Å². The number of hydrogen-bond donors (Lipinski definition) is 2. The van der Waals surface area contributed by atoms with Gasteiger partial charge in [0.1, 0.15) is 0 Å². The van der Waals surface area contributed by atoms with Crippen LogP contribution in [0, 0.1) is 5.92 Å². The second kappa shape index (κ2) is 8.17. The largest absolute Gasteiger partial charge is 0.391 e. The summed E-state index contributed by atoms with van der Waals surface area (Å²) in [6.45, 7) is 8.21. The Morgan fingerprint density at radius 2 is 2.20 bits per heavy atom. The lowest BCUT2D eigenvalue weighted by Crippen LogP contribution is -2.39. The first kappa shape index (κ1) is 16.0. The van der Waals surface area contributed by atoms with E-state index in [-0.39, 0.29) is 6.10 Å². The van der Waals surface area contributed by atoms with E-state index in [2.05, 4.69) is 27.3 Å². The Bertz CT molecular complexity index is 393. The quantitative estimate of drug-likeness (QED) is 0.752. The van der Waals surface area contributed by atoms with Crippen LogP contribution in [0.15, 0.2) is 4.34 Å². The number of aliphatic hydroxyl groups excluding tert-OH is 1. The summed E-state index contributed by atoms with van der Waals surface area (Å²) in [4.78, 5) is 2.37. The minimum atomic E-state index is -0.292. The first-order valence-electron chi connectivity index (χ1n) is 7.28. The van der Waals surface area contributed by atoms with Crippen molar-refractivity contribution in [2.24, 2.45) is 5.92 Å². The van der Waals surface area contributed by atoms with Crippen molar-refractivity contribution in [3.63, 3.8) is 0 Å². The Labute approximate surface area is 129 Å². The molecular formula is C13H24N4OS2. The van der Waals surface area contributed by atoms with Crippen LogP contribution in [-0.2, 0) is 0 Å². The average Bonchev–Trinajstić information content (AvgIpc) is 2.87. The van der Waals surface area contributed by atoms with Crippen LogP contribution in [0.2, 0.25) is 0 Å². The summed E-state index contributed by atoms with van der Waals surface area (Å²) in [7, 11) is 0. The number of aromatic nitrogens is 2. The number of nitrogens with one attached hydrogen (secondary N) is 1. The summed E-state index contributed by atoms with van der Waals surface area (Å²) in [6.07, 6.45) is 2.21. The third-order valence-corrected chi connectivity index (χ3v) is 5.64. The van der Waals surface area contributed by atoms with Gasteiger partial charge in [0, 0.05) is 18.8 Å². The molecule has 0 aliphatic carbocycles.